The molecule has 0 bridgehead atoms. The van der Waals surface area contributed by atoms with Crippen molar-refractivity contribution in [2.24, 2.45) is 0 Å². The molecular weight excluding hydrogens is 224 g/mol. The number of hydrogen-bond acceptors (Lipinski definition) is 2. The highest BCUT2D eigenvalue weighted by atomic mass is 16.2. The lowest BCUT2D eigenvalue weighted by Crippen LogP contribution is -2.43. The Kier molecular flexibility index (Phi) is 4.03. The minimum atomic E-state index is 0.0552. The number of carbonyl (C=O) groups excluding carboxylic acids is 1. The molecule has 1 aliphatic heterocycles. The third-order valence-electron chi connectivity index (χ3n) is 3.52. The molecule has 0 saturated carbocycles. The molecule has 0 spiro atoms. The summed E-state index contributed by atoms with van der Waals surface area (Å²) in [6, 6.07) is 7.57. The fourth-order valence-electron chi connectivity index (χ4n) is 2.55. The molecule has 96 valence electrons. The summed E-state index contributed by atoms with van der Waals surface area (Å²) in [4.78, 5) is 14.5. The van der Waals surface area contributed by atoms with Crippen LogP contribution in [0.5, 0.6) is 0 Å². The number of anilines is 1. The van der Waals surface area contributed by atoms with Crippen LogP contribution in [0.1, 0.15) is 36.0 Å². The Morgan fingerprint density at radius 3 is 2.94 bits per heavy atom. The molecule has 1 aliphatic rings. The number of likely N-dealkylation sites (tertiary alicyclic amines) is 1. The molecular formula is C15H20N2O. The van der Waals surface area contributed by atoms with Gasteiger partial charge in [-0.1, -0.05) is 18.2 Å². The van der Waals surface area contributed by atoms with Crippen molar-refractivity contribution in [1.29, 1.82) is 0 Å². The monoisotopic (exact) mass is 244 g/mol. The minimum absolute atomic E-state index is 0.0552. The highest BCUT2D eigenvalue weighted by molar-refractivity contribution is 5.99. The van der Waals surface area contributed by atoms with E-state index >= 15 is 0 Å². The van der Waals surface area contributed by atoms with Gasteiger partial charge < -0.3 is 10.6 Å². The van der Waals surface area contributed by atoms with Gasteiger partial charge in [-0.15, -0.1) is 6.58 Å². The van der Waals surface area contributed by atoms with Crippen molar-refractivity contribution in [2.75, 3.05) is 12.3 Å². The predicted octanol–water partition coefficient (Wildman–Crippen LogP) is 2.84. The van der Waals surface area contributed by atoms with Crippen molar-refractivity contribution < 1.29 is 4.79 Å². The molecule has 3 nitrogen and oxygen atoms in total. The van der Waals surface area contributed by atoms with Crippen LogP contribution in [-0.4, -0.2) is 23.4 Å². The number of amides is 1. The lowest BCUT2D eigenvalue weighted by molar-refractivity contribution is 0.0618. The fraction of sp³-hybridized carbons (Fsp3) is 0.400. The number of nitrogens with zero attached hydrogens (tertiary/aromatic N) is 1. The van der Waals surface area contributed by atoms with Crippen molar-refractivity contribution in [3.63, 3.8) is 0 Å². The Bertz CT molecular complexity index is 442. The normalized spacial score (nSPS) is 19.6. The average Bonchev–Trinajstić information content (AvgIpc) is 2.40. The van der Waals surface area contributed by atoms with Crippen LogP contribution >= 0.6 is 0 Å². The standard InChI is InChI=1S/C15H20N2O/c1-2-7-12-8-5-6-11-17(12)15(18)13-9-3-4-10-14(13)16/h2-4,9-10,12H,1,5-8,11,16H2. The zero-order valence-corrected chi connectivity index (χ0v) is 10.6. The molecule has 0 radical (unpaired) electrons. The summed E-state index contributed by atoms with van der Waals surface area (Å²) in [5, 5.41) is 0. The van der Waals surface area contributed by atoms with Gasteiger partial charge in [-0.25, -0.2) is 0 Å². The number of nitrogen functional groups attached to an aromatic ring is 1. The molecule has 0 aromatic heterocycles. The molecule has 3 heteroatoms. The zero-order chi connectivity index (χ0) is 13.0. The third kappa shape index (κ3) is 2.55. The van der Waals surface area contributed by atoms with Crippen LogP contribution < -0.4 is 5.73 Å². The van der Waals surface area contributed by atoms with Crippen molar-refractivity contribution >= 4 is 11.6 Å². The van der Waals surface area contributed by atoms with Gasteiger partial charge in [-0.2, -0.15) is 0 Å². The zero-order valence-electron chi connectivity index (χ0n) is 10.6. The lowest BCUT2D eigenvalue weighted by atomic mass is 9.98. The molecule has 0 aliphatic carbocycles. The van der Waals surface area contributed by atoms with Crippen LogP contribution in [0.4, 0.5) is 5.69 Å². The van der Waals surface area contributed by atoms with Gasteiger partial charge >= 0.3 is 0 Å². The molecule has 1 atom stereocenters. The average molecular weight is 244 g/mol. The second-order valence-electron chi connectivity index (χ2n) is 4.76. The second-order valence-corrected chi connectivity index (χ2v) is 4.76. The molecule has 1 fully saturated rings. The van der Waals surface area contributed by atoms with Crippen molar-refractivity contribution in [1.82, 2.24) is 4.90 Å². The molecule has 1 saturated heterocycles. The van der Waals surface area contributed by atoms with Crippen LogP contribution in [0, 0.1) is 0 Å². The maximum Gasteiger partial charge on any atom is 0.256 e. The van der Waals surface area contributed by atoms with Crippen LogP contribution in [-0.2, 0) is 0 Å². The van der Waals surface area contributed by atoms with E-state index in [1.54, 1.807) is 12.1 Å². The molecule has 1 aromatic rings. The maximum atomic E-state index is 12.5. The lowest BCUT2D eigenvalue weighted by Gasteiger charge is -2.35. The van der Waals surface area contributed by atoms with Crippen molar-refractivity contribution in [3.05, 3.63) is 42.5 Å². The van der Waals surface area contributed by atoms with Crippen molar-refractivity contribution in [3.8, 4) is 0 Å². The predicted molar refractivity (Wildman–Crippen MR) is 74.3 cm³/mol. The highest BCUT2D eigenvalue weighted by Gasteiger charge is 2.27. The Hall–Kier alpha value is -1.77. The van der Waals surface area contributed by atoms with E-state index in [1.807, 2.05) is 23.1 Å². The van der Waals surface area contributed by atoms with Gasteiger partial charge in [-0.3, -0.25) is 4.79 Å². The highest BCUT2D eigenvalue weighted by Crippen LogP contribution is 2.23. The fourth-order valence-corrected chi connectivity index (χ4v) is 2.55. The number of nitrogens with two attached hydrogens (primary N) is 1. The van der Waals surface area contributed by atoms with Gasteiger partial charge in [0.15, 0.2) is 0 Å². The number of benzene rings is 1. The smallest absolute Gasteiger partial charge is 0.256 e. The summed E-state index contributed by atoms with van der Waals surface area (Å²) < 4.78 is 0. The van der Waals surface area contributed by atoms with E-state index in [4.69, 9.17) is 5.73 Å². The number of piperidine rings is 1. The number of hydrogen-bond donors (Lipinski definition) is 1. The molecule has 1 aromatic carbocycles. The number of rotatable bonds is 3. The van der Waals surface area contributed by atoms with Gasteiger partial charge in [0, 0.05) is 18.3 Å². The van der Waals surface area contributed by atoms with Gasteiger partial charge in [0.25, 0.3) is 5.91 Å². The van der Waals surface area contributed by atoms with Gasteiger partial charge in [0.05, 0.1) is 5.56 Å². The molecule has 1 heterocycles. The van der Waals surface area contributed by atoms with Gasteiger partial charge in [-0.05, 0) is 37.8 Å². The topological polar surface area (TPSA) is 46.3 Å². The molecule has 1 unspecified atom stereocenters. The van der Waals surface area contributed by atoms with E-state index in [0.29, 0.717) is 11.3 Å². The Labute approximate surface area is 108 Å². The quantitative estimate of drug-likeness (QED) is 0.656. The minimum Gasteiger partial charge on any atom is -0.398 e. The SMILES string of the molecule is C=CCC1CCCCN1C(=O)c1ccccc1N. The van der Waals surface area contributed by atoms with E-state index in [-0.39, 0.29) is 11.9 Å². The Morgan fingerprint density at radius 1 is 1.44 bits per heavy atom. The first-order valence-corrected chi connectivity index (χ1v) is 6.50. The summed E-state index contributed by atoms with van der Waals surface area (Å²) in [5.41, 5.74) is 7.06. The van der Waals surface area contributed by atoms with E-state index in [0.717, 1.165) is 25.8 Å². The summed E-state index contributed by atoms with van der Waals surface area (Å²) in [6.07, 6.45) is 6.08. The molecule has 18 heavy (non-hydrogen) atoms. The van der Waals surface area contributed by atoms with E-state index < -0.39 is 0 Å². The maximum absolute atomic E-state index is 12.5. The first-order chi connectivity index (χ1) is 8.74. The largest absolute Gasteiger partial charge is 0.398 e. The number of carbonyl (C=O) groups is 1. The third-order valence-corrected chi connectivity index (χ3v) is 3.52. The first-order valence-electron chi connectivity index (χ1n) is 6.50. The summed E-state index contributed by atoms with van der Waals surface area (Å²) in [7, 11) is 0. The number of para-hydroxylation sites is 1. The molecule has 1 amide bonds. The van der Waals surface area contributed by atoms with E-state index in [1.165, 1.54) is 6.42 Å². The molecule has 2 N–H and O–H groups in total. The van der Waals surface area contributed by atoms with Crippen LogP contribution in [0.25, 0.3) is 0 Å². The second kappa shape index (κ2) is 5.71. The summed E-state index contributed by atoms with van der Waals surface area (Å²) in [6.45, 7) is 4.60. The van der Waals surface area contributed by atoms with Crippen LogP contribution in [0.2, 0.25) is 0 Å². The summed E-state index contributed by atoms with van der Waals surface area (Å²) >= 11 is 0. The van der Waals surface area contributed by atoms with Gasteiger partial charge in [0.2, 0.25) is 0 Å². The summed E-state index contributed by atoms with van der Waals surface area (Å²) in [5.74, 6) is 0.0552. The van der Waals surface area contributed by atoms with E-state index in [2.05, 4.69) is 6.58 Å². The van der Waals surface area contributed by atoms with Crippen molar-refractivity contribution in [2.45, 2.75) is 31.7 Å². The van der Waals surface area contributed by atoms with Crippen LogP contribution in [0.15, 0.2) is 36.9 Å². The molecule has 2 rings (SSSR count). The Morgan fingerprint density at radius 2 is 2.22 bits per heavy atom. The first kappa shape index (κ1) is 12.7. The Balaban J connectivity index is 2.21. The van der Waals surface area contributed by atoms with Gasteiger partial charge in [0.1, 0.15) is 0 Å². The van der Waals surface area contributed by atoms with Crippen LogP contribution in [0.3, 0.4) is 0 Å². The van der Waals surface area contributed by atoms with E-state index in [9.17, 15) is 4.79 Å².